The molecule has 0 heterocycles. The van der Waals surface area contributed by atoms with Gasteiger partial charge in [0.25, 0.3) is 5.91 Å². The van der Waals surface area contributed by atoms with Crippen LogP contribution in [0.3, 0.4) is 0 Å². The smallest absolute Gasteiger partial charge is 0.343 e. The monoisotopic (exact) mass is 420 g/mol. The number of nitrogens with zero attached hydrogens (tertiary/aromatic N) is 1. The second kappa shape index (κ2) is 9.80. The zero-order chi connectivity index (χ0) is 20.0. The Morgan fingerprint density at radius 3 is 2.42 bits per heavy atom. The van der Waals surface area contributed by atoms with E-state index in [1.807, 2.05) is 0 Å². The standard InChI is InChI=1S/C17H19Cl3N2O4/c1-5-21-16(24)13-14(19)11(18)6-12(15(13)20)22-7-10(9(4)23)17(25)26-8(2)3/h6-8,23H,5H2,1-4H3,(H,21,24). The number of carbonyl (C=O) groups is 2. The van der Waals surface area contributed by atoms with Crippen molar-refractivity contribution in [2.24, 2.45) is 4.99 Å². The first-order valence-corrected chi connectivity index (χ1v) is 8.84. The number of hydrogen-bond acceptors (Lipinski definition) is 5. The van der Waals surface area contributed by atoms with Crippen LogP contribution < -0.4 is 5.32 Å². The lowest BCUT2D eigenvalue weighted by Crippen LogP contribution is -2.23. The number of aliphatic hydroxyl groups is 1. The molecule has 26 heavy (non-hydrogen) atoms. The highest BCUT2D eigenvalue weighted by Gasteiger charge is 2.21. The molecular weight excluding hydrogens is 403 g/mol. The molecule has 0 atom stereocenters. The summed E-state index contributed by atoms with van der Waals surface area (Å²) in [6.45, 7) is 6.78. The molecule has 0 saturated heterocycles. The van der Waals surface area contributed by atoms with Crippen LogP contribution in [-0.2, 0) is 9.53 Å². The van der Waals surface area contributed by atoms with Crippen molar-refractivity contribution < 1.29 is 19.4 Å². The van der Waals surface area contributed by atoms with Gasteiger partial charge in [-0.3, -0.25) is 9.79 Å². The van der Waals surface area contributed by atoms with Gasteiger partial charge in [0.15, 0.2) is 0 Å². The summed E-state index contributed by atoms with van der Waals surface area (Å²) in [4.78, 5) is 28.2. The van der Waals surface area contributed by atoms with Crippen LogP contribution in [0.4, 0.5) is 5.69 Å². The minimum absolute atomic E-state index is 0.00473. The molecule has 0 aliphatic rings. The van der Waals surface area contributed by atoms with Crippen molar-refractivity contribution >= 4 is 58.6 Å². The van der Waals surface area contributed by atoms with E-state index in [1.54, 1.807) is 20.8 Å². The third kappa shape index (κ3) is 5.62. The van der Waals surface area contributed by atoms with Crippen LogP contribution in [0.15, 0.2) is 22.4 Å². The van der Waals surface area contributed by atoms with Gasteiger partial charge in [-0.1, -0.05) is 34.8 Å². The topological polar surface area (TPSA) is 88.0 Å². The van der Waals surface area contributed by atoms with Gasteiger partial charge in [0.05, 0.1) is 32.4 Å². The van der Waals surface area contributed by atoms with Gasteiger partial charge >= 0.3 is 5.97 Å². The Morgan fingerprint density at radius 1 is 1.31 bits per heavy atom. The van der Waals surface area contributed by atoms with Crippen LogP contribution >= 0.6 is 34.8 Å². The summed E-state index contributed by atoms with van der Waals surface area (Å²) in [5.41, 5.74) is -0.0651. The summed E-state index contributed by atoms with van der Waals surface area (Å²) in [5.74, 6) is -1.53. The van der Waals surface area contributed by atoms with Gasteiger partial charge < -0.3 is 15.2 Å². The molecule has 0 unspecified atom stereocenters. The van der Waals surface area contributed by atoms with Crippen molar-refractivity contribution in [2.45, 2.75) is 33.8 Å². The van der Waals surface area contributed by atoms with Gasteiger partial charge in [0, 0.05) is 12.8 Å². The van der Waals surface area contributed by atoms with E-state index in [0.717, 1.165) is 6.21 Å². The number of allylic oxidation sites excluding steroid dienone is 1. The Kier molecular flexibility index (Phi) is 8.40. The summed E-state index contributed by atoms with van der Waals surface area (Å²) < 4.78 is 5.04. The van der Waals surface area contributed by atoms with E-state index >= 15 is 0 Å². The summed E-state index contributed by atoms with van der Waals surface area (Å²) in [7, 11) is 0. The molecule has 1 rings (SSSR count). The van der Waals surface area contributed by atoms with Crippen LogP contribution in [0.5, 0.6) is 0 Å². The maximum atomic E-state index is 12.2. The Labute approximate surface area is 166 Å². The van der Waals surface area contributed by atoms with E-state index < -0.39 is 11.9 Å². The average Bonchev–Trinajstić information content (AvgIpc) is 2.51. The van der Waals surface area contributed by atoms with Gasteiger partial charge in [-0.05, 0) is 33.8 Å². The number of amides is 1. The highest BCUT2D eigenvalue weighted by molar-refractivity contribution is 6.47. The Bertz CT molecular complexity index is 770. The Hall–Kier alpha value is -1.76. The number of carbonyl (C=O) groups excluding carboxylic acids is 2. The van der Waals surface area contributed by atoms with Crippen LogP contribution in [0.1, 0.15) is 38.1 Å². The number of rotatable bonds is 6. The highest BCUT2D eigenvalue weighted by Crippen LogP contribution is 2.38. The number of halogens is 3. The van der Waals surface area contributed by atoms with E-state index in [1.165, 1.54) is 13.0 Å². The molecule has 142 valence electrons. The lowest BCUT2D eigenvalue weighted by molar-refractivity contribution is -0.142. The van der Waals surface area contributed by atoms with Crippen molar-refractivity contribution in [3.8, 4) is 0 Å². The zero-order valence-electron chi connectivity index (χ0n) is 14.7. The number of benzene rings is 1. The van der Waals surface area contributed by atoms with Gasteiger partial charge in [-0.15, -0.1) is 0 Å². The molecule has 0 bridgehead atoms. The molecule has 2 N–H and O–H groups in total. The van der Waals surface area contributed by atoms with Crippen molar-refractivity contribution in [3.05, 3.63) is 38.0 Å². The maximum absolute atomic E-state index is 12.2. The van der Waals surface area contributed by atoms with Crippen molar-refractivity contribution in [3.63, 3.8) is 0 Å². The fourth-order valence-electron chi connectivity index (χ4n) is 1.84. The van der Waals surface area contributed by atoms with Crippen molar-refractivity contribution in [1.29, 1.82) is 0 Å². The molecular formula is C17H19Cl3N2O4. The molecule has 1 aromatic carbocycles. The minimum Gasteiger partial charge on any atom is -0.512 e. The molecule has 6 nitrogen and oxygen atoms in total. The Morgan fingerprint density at radius 2 is 1.92 bits per heavy atom. The predicted molar refractivity (Wildman–Crippen MR) is 104 cm³/mol. The second-order valence-corrected chi connectivity index (χ2v) is 6.61. The van der Waals surface area contributed by atoms with Gasteiger partial charge in [-0.2, -0.15) is 0 Å². The quantitative estimate of drug-likeness (QED) is 0.225. The molecule has 0 aliphatic heterocycles. The zero-order valence-corrected chi connectivity index (χ0v) is 17.0. The summed E-state index contributed by atoms with van der Waals surface area (Å²) in [6.07, 6.45) is 0.718. The molecule has 0 aliphatic carbocycles. The SMILES string of the molecule is CCNC(=O)c1c(Cl)c(Cl)cc(N=CC(C(=O)OC(C)C)=C(C)O)c1Cl. The number of aliphatic hydroxyl groups excluding tert-OH is 1. The van der Waals surface area contributed by atoms with E-state index in [2.05, 4.69) is 10.3 Å². The first-order chi connectivity index (χ1) is 12.1. The maximum Gasteiger partial charge on any atom is 0.343 e. The van der Waals surface area contributed by atoms with E-state index in [4.69, 9.17) is 39.5 Å². The molecule has 1 aromatic rings. The average molecular weight is 422 g/mol. The first kappa shape index (κ1) is 22.3. The van der Waals surface area contributed by atoms with E-state index in [0.29, 0.717) is 6.54 Å². The predicted octanol–water partition coefficient (Wildman–Crippen LogP) is 4.88. The van der Waals surface area contributed by atoms with Gasteiger partial charge in [-0.25, -0.2) is 4.79 Å². The number of aliphatic imine (C=N–C) groups is 1. The molecule has 0 fully saturated rings. The number of nitrogens with one attached hydrogen (secondary N) is 1. The number of hydrogen-bond donors (Lipinski definition) is 2. The second-order valence-electron chi connectivity index (χ2n) is 5.45. The summed E-state index contributed by atoms with van der Waals surface area (Å²) in [6, 6.07) is 1.35. The van der Waals surface area contributed by atoms with Gasteiger partial charge in [0.2, 0.25) is 0 Å². The fourth-order valence-corrected chi connectivity index (χ4v) is 2.60. The van der Waals surface area contributed by atoms with Crippen molar-refractivity contribution in [2.75, 3.05) is 6.54 Å². The molecule has 0 aromatic heterocycles. The molecule has 0 radical (unpaired) electrons. The summed E-state index contributed by atoms with van der Waals surface area (Å²) >= 11 is 18.3. The molecule has 0 spiro atoms. The van der Waals surface area contributed by atoms with E-state index in [9.17, 15) is 14.7 Å². The van der Waals surface area contributed by atoms with Crippen LogP contribution in [0.25, 0.3) is 0 Å². The summed E-state index contributed by atoms with van der Waals surface area (Å²) in [5, 5.41) is 12.3. The minimum atomic E-state index is -0.746. The molecule has 0 saturated carbocycles. The molecule has 9 heteroatoms. The number of ether oxygens (including phenoxy) is 1. The highest BCUT2D eigenvalue weighted by atomic mass is 35.5. The third-order valence-electron chi connectivity index (χ3n) is 2.99. The van der Waals surface area contributed by atoms with Crippen LogP contribution in [0, 0.1) is 0 Å². The fraction of sp³-hybridized carbons (Fsp3) is 0.353. The van der Waals surface area contributed by atoms with E-state index in [-0.39, 0.29) is 43.8 Å². The number of esters is 1. The normalized spacial score (nSPS) is 12.3. The lowest BCUT2D eigenvalue weighted by Gasteiger charge is -2.11. The van der Waals surface area contributed by atoms with Crippen LogP contribution in [-0.4, -0.2) is 35.8 Å². The van der Waals surface area contributed by atoms with Gasteiger partial charge in [0.1, 0.15) is 11.3 Å². The van der Waals surface area contributed by atoms with Crippen molar-refractivity contribution in [1.82, 2.24) is 5.32 Å². The Balaban J connectivity index is 3.35. The largest absolute Gasteiger partial charge is 0.512 e. The molecule has 1 amide bonds. The third-order valence-corrected chi connectivity index (χ3v) is 4.16. The van der Waals surface area contributed by atoms with Crippen LogP contribution in [0.2, 0.25) is 15.1 Å². The lowest BCUT2D eigenvalue weighted by atomic mass is 10.1. The first-order valence-electron chi connectivity index (χ1n) is 7.70.